The zero-order valence-corrected chi connectivity index (χ0v) is 20.3. The number of fused-ring (bicyclic) bond motifs is 1. The van der Waals surface area contributed by atoms with E-state index in [1.807, 2.05) is 40.0 Å². The first-order valence-electron chi connectivity index (χ1n) is 11.4. The number of ether oxygens (including phenoxy) is 1. The fourth-order valence-electron chi connectivity index (χ4n) is 4.77. The first-order chi connectivity index (χ1) is 15.4. The van der Waals surface area contributed by atoms with Crippen LogP contribution in [-0.2, 0) is 21.4 Å². The summed E-state index contributed by atoms with van der Waals surface area (Å²) in [6.45, 7) is 11.7. The molecule has 3 amide bonds. The summed E-state index contributed by atoms with van der Waals surface area (Å²) in [5, 5.41) is 7.98. The summed E-state index contributed by atoms with van der Waals surface area (Å²) in [5.74, 6) is -0.938. The van der Waals surface area contributed by atoms with Gasteiger partial charge in [0.25, 0.3) is 0 Å². The van der Waals surface area contributed by atoms with Crippen molar-refractivity contribution in [3.63, 3.8) is 0 Å². The van der Waals surface area contributed by atoms with E-state index in [0.29, 0.717) is 38.2 Å². The van der Waals surface area contributed by atoms with E-state index in [1.165, 1.54) is 0 Å². The van der Waals surface area contributed by atoms with Crippen LogP contribution in [0.4, 0.5) is 10.5 Å². The molecular formula is C24H33N5O4. The standard InChI is InChI=1S/C24H33N5O4/c1-23(2,3)33-22(32)28-11-12-29(24(4,5)14-28)15-7-8-16-18(13-15)27(6)26-20(16)17-9-10-19(30)25-21(17)31/h7-8,13,17H,9-12,14H2,1-6H3,(H,25,30,31). The molecule has 0 bridgehead atoms. The molecule has 1 aromatic carbocycles. The highest BCUT2D eigenvalue weighted by Crippen LogP contribution is 2.35. The average molecular weight is 456 g/mol. The maximum absolute atomic E-state index is 12.6. The number of aryl methyl sites for hydroxylation is 1. The second-order valence-electron chi connectivity index (χ2n) is 10.6. The molecule has 1 N–H and O–H groups in total. The van der Waals surface area contributed by atoms with E-state index in [1.54, 1.807) is 9.58 Å². The van der Waals surface area contributed by atoms with Crippen LogP contribution in [0.1, 0.15) is 59.1 Å². The molecule has 2 saturated heterocycles. The monoisotopic (exact) mass is 455 g/mol. The van der Waals surface area contributed by atoms with Gasteiger partial charge in [0, 0.05) is 44.2 Å². The Kier molecular flexibility index (Phi) is 5.62. The maximum Gasteiger partial charge on any atom is 0.410 e. The Morgan fingerprint density at radius 2 is 1.94 bits per heavy atom. The van der Waals surface area contributed by atoms with Crippen molar-refractivity contribution in [2.24, 2.45) is 7.05 Å². The fraction of sp³-hybridized carbons (Fsp3) is 0.583. The molecule has 33 heavy (non-hydrogen) atoms. The first-order valence-corrected chi connectivity index (χ1v) is 11.4. The number of amides is 3. The van der Waals surface area contributed by atoms with Crippen molar-refractivity contribution in [2.75, 3.05) is 24.5 Å². The lowest BCUT2D eigenvalue weighted by Gasteiger charge is -2.48. The van der Waals surface area contributed by atoms with E-state index in [-0.39, 0.29) is 23.4 Å². The van der Waals surface area contributed by atoms with Crippen molar-refractivity contribution in [1.82, 2.24) is 20.0 Å². The molecule has 3 heterocycles. The second-order valence-corrected chi connectivity index (χ2v) is 10.6. The third-order valence-electron chi connectivity index (χ3n) is 6.30. The Hall–Kier alpha value is -3.10. The number of aromatic nitrogens is 2. The van der Waals surface area contributed by atoms with Crippen LogP contribution in [0.15, 0.2) is 18.2 Å². The van der Waals surface area contributed by atoms with Gasteiger partial charge in [0.1, 0.15) is 5.60 Å². The van der Waals surface area contributed by atoms with Crippen molar-refractivity contribution in [2.45, 2.75) is 64.5 Å². The Labute approximate surface area is 194 Å². The van der Waals surface area contributed by atoms with E-state index in [4.69, 9.17) is 4.74 Å². The highest BCUT2D eigenvalue weighted by Gasteiger charge is 2.38. The number of anilines is 1. The van der Waals surface area contributed by atoms with Crippen LogP contribution < -0.4 is 10.2 Å². The van der Waals surface area contributed by atoms with Gasteiger partial charge in [-0.05, 0) is 59.2 Å². The number of hydrogen-bond donors (Lipinski definition) is 1. The first kappa shape index (κ1) is 23.1. The van der Waals surface area contributed by atoms with Crippen LogP contribution in [0.25, 0.3) is 10.9 Å². The molecule has 178 valence electrons. The number of imide groups is 1. The molecule has 1 unspecified atom stereocenters. The Balaban J connectivity index is 1.58. The van der Waals surface area contributed by atoms with Gasteiger partial charge in [0.15, 0.2) is 0 Å². The second kappa shape index (κ2) is 8.04. The number of piperazine rings is 1. The number of piperidine rings is 1. The minimum atomic E-state index is -0.525. The minimum Gasteiger partial charge on any atom is -0.444 e. The third-order valence-corrected chi connectivity index (χ3v) is 6.30. The summed E-state index contributed by atoms with van der Waals surface area (Å²) in [5.41, 5.74) is 1.85. The zero-order chi connectivity index (χ0) is 24.1. The largest absolute Gasteiger partial charge is 0.444 e. The molecule has 1 aromatic heterocycles. The lowest BCUT2D eigenvalue weighted by atomic mass is 9.92. The topological polar surface area (TPSA) is 96.8 Å². The minimum absolute atomic E-state index is 0.230. The van der Waals surface area contributed by atoms with Gasteiger partial charge in [0.05, 0.1) is 22.7 Å². The third kappa shape index (κ3) is 4.54. The van der Waals surface area contributed by atoms with Crippen molar-refractivity contribution < 1.29 is 19.1 Å². The molecule has 0 radical (unpaired) electrons. The average Bonchev–Trinajstić information content (AvgIpc) is 3.01. The molecule has 2 aromatic rings. The van der Waals surface area contributed by atoms with E-state index in [0.717, 1.165) is 16.6 Å². The van der Waals surface area contributed by atoms with Crippen LogP contribution >= 0.6 is 0 Å². The quantitative estimate of drug-likeness (QED) is 0.700. The normalized spacial score (nSPS) is 21.3. The SMILES string of the molecule is Cn1nc(C2CCC(=O)NC2=O)c2ccc(N3CCN(C(=O)OC(C)(C)C)CC3(C)C)cc21. The molecule has 1 atom stereocenters. The molecule has 4 rings (SSSR count). The summed E-state index contributed by atoms with van der Waals surface area (Å²) in [7, 11) is 1.87. The Bertz CT molecular complexity index is 1110. The van der Waals surface area contributed by atoms with Gasteiger partial charge in [-0.3, -0.25) is 19.6 Å². The summed E-state index contributed by atoms with van der Waals surface area (Å²) < 4.78 is 7.36. The number of hydrogen-bond acceptors (Lipinski definition) is 6. The lowest BCUT2D eigenvalue weighted by molar-refractivity contribution is -0.134. The Morgan fingerprint density at radius 3 is 2.58 bits per heavy atom. The van der Waals surface area contributed by atoms with Gasteiger partial charge in [-0.2, -0.15) is 5.10 Å². The van der Waals surface area contributed by atoms with Gasteiger partial charge in [-0.1, -0.05) is 0 Å². The predicted octanol–water partition coefficient (Wildman–Crippen LogP) is 2.93. The molecule has 0 saturated carbocycles. The van der Waals surface area contributed by atoms with Gasteiger partial charge in [0.2, 0.25) is 11.8 Å². The molecule has 2 aliphatic rings. The number of nitrogens with one attached hydrogen (secondary N) is 1. The number of benzene rings is 1. The van der Waals surface area contributed by atoms with Crippen LogP contribution in [0.5, 0.6) is 0 Å². The highest BCUT2D eigenvalue weighted by molar-refractivity contribution is 6.02. The van der Waals surface area contributed by atoms with E-state index >= 15 is 0 Å². The van der Waals surface area contributed by atoms with E-state index < -0.39 is 11.5 Å². The van der Waals surface area contributed by atoms with Crippen LogP contribution in [-0.4, -0.2) is 63.4 Å². The molecule has 2 aliphatic heterocycles. The molecule has 9 heteroatoms. The summed E-state index contributed by atoms with van der Waals surface area (Å²) in [4.78, 5) is 40.6. The van der Waals surface area contributed by atoms with Gasteiger partial charge in [-0.25, -0.2) is 4.79 Å². The van der Waals surface area contributed by atoms with Gasteiger partial charge >= 0.3 is 6.09 Å². The maximum atomic E-state index is 12.6. The summed E-state index contributed by atoms with van der Waals surface area (Å²) in [6, 6.07) is 6.14. The lowest BCUT2D eigenvalue weighted by Crippen LogP contribution is -2.61. The van der Waals surface area contributed by atoms with Crippen molar-refractivity contribution in [3.8, 4) is 0 Å². The van der Waals surface area contributed by atoms with E-state index in [9.17, 15) is 14.4 Å². The number of nitrogens with zero attached hydrogens (tertiary/aromatic N) is 4. The van der Waals surface area contributed by atoms with Crippen LogP contribution in [0.3, 0.4) is 0 Å². The molecule has 0 spiro atoms. The molecule has 2 fully saturated rings. The van der Waals surface area contributed by atoms with Crippen molar-refractivity contribution in [1.29, 1.82) is 0 Å². The van der Waals surface area contributed by atoms with Crippen LogP contribution in [0.2, 0.25) is 0 Å². The zero-order valence-electron chi connectivity index (χ0n) is 20.3. The van der Waals surface area contributed by atoms with Crippen LogP contribution in [0, 0.1) is 0 Å². The summed E-state index contributed by atoms with van der Waals surface area (Å²) in [6.07, 6.45) is 0.507. The number of carbonyl (C=O) groups is 3. The van der Waals surface area contributed by atoms with Crippen molar-refractivity contribution >= 4 is 34.5 Å². The fourth-order valence-corrected chi connectivity index (χ4v) is 4.77. The van der Waals surface area contributed by atoms with Gasteiger partial charge < -0.3 is 14.5 Å². The number of rotatable bonds is 2. The smallest absolute Gasteiger partial charge is 0.410 e. The highest BCUT2D eigenvalue weighted by atomic mass is 16.6. The molecule has 0 aliphatic carbocycles. The van der Waals surface area contributed by atoms with Gasteiger partial charge in [-0.15, -0.1) is 0 Å². The Morgan fingerprint density at radius 1 is 1.21 bits per heavy atom. The van der Waals surface area contributed by atoms with E-state index in [2.05, 4.69) is 35.2 Å². The molecule has 9 nitrogen and oxygen atoms in total. The van der Waals surface area contributed by atoms with Crippen molar-refractivity contribution in [3.05, 3.63) is 23.9 Å². The summed E-state index contributed by atoms with van der Waals surface area (Å²) >= 11 is 0. The number of carbonyl (C=O) groups excluding carboxylic acids is 3. The molecular weight excluding hydrogens is 422 g/mol. The predicted molar refractivity (Wildman–Crippen MR) is 125 cm³/mol.